The van der Waals surface area contributed by atoms with Crippen molar-refractivity contribution in [3.8, 4) is 0 Å². The number of aromatic nitrogens is 2. The number of halogens is 1. The van der Waals surface area contributed by atoms with Crippen LogP contribution < -0.4 is 5.32 Å². The lowest BCUT2D eigenvalue weighted by Crippen LogP contribution is -2.07. The minimum Gasteiger partial charge on any atom is -0.462 e. The number of carbonyl (C=O) groups is 1. The van der Waals surface area contributed by atoms with Gasteiger partial charge in [-0.25, -0.2) is 9.78 Å². The molecule has 6 heteroatoms. The van der Waals surface area contributed by atoms with Crippen molar-refractivity contribution in [3.05, 3.63) is 47.0 Å². The first-order chi connectivity index (χ1) is 10.1. The fourth-order valence-electron chi connectivity index (χ4n) is 1.77. The standard InChI is InChI=1S/C15H18ClN3O2/c1-3-8-21-15(20)11-4-6-12(7-5-11)17-10-14-18-9-13(16)19(14)2/h4-7,9,17H,3,8,10H2,1-2H3. The molecule has 112 valence electrons. The van der Waals surface area contributed by atoms with E-state index in [2.05, 4.69) is 10.3 Å². The maximum absolute atomic E-state index is 11.7. The summed E-state index contributed by atoms with van der Waals surface area (Å²) in [7, 11) is 1.86. The van der Waals surface area contributed by atoms with Crippen LogP contribution in [0.2, 0.25) is 5.15 Å². The highest BCUT2D eigenvalue weighted by molar-refractivity contribution is 6.29. The molecule has 5 nitrogen and oxygen atoms in total. The Hall–Kier alpha value is -2.01. The van der Waals surface area contributed by atoms with E-state index < -0.39 is 0 Å². The van der Waals surface area contributed by atoms with Crippen molar-refractivity contribution in [1.29, 1.82) is 0 Å². The Morgan fingerprint density at radius 3 is 2.67 bits per heavy atom. The number of hydrogen-bond donors (Lipinski definition) is 1. The Kier molecular flexibility index (Phi) is 5.22. The smallest absolute Gasteiger partial charge is 0.338 e. The molecule has 0 amide bonds. The Morgan fingerprint density at radius 2 is 2.10 bits per heavy atom. The summed E-state index contributed by atoms with van der Waals surface area (Å²) in [4.78, 5) is 15.9. The summed E-state index contributed by atoms with van der Waals surface area (Å²) in [5, 5.41) is 3.83. The molecule has 2 aromatic rings. The molecule has 0 spiro atoms. The summed E-state index contributed by atoms with van der Waals surface area (Å²) < 4.78 is 6.89. The van der Waals surface area contributed by atoms with Crippen LogP contribution in [0.4, 0.5) is 5.69 Å². The van der Waals surface area contributed by atoms with Crippen molar-refractivity contribution >= 4 is 23.3 Å². The number of rotatable bonds is 6. The van der Waals surface area contributed by atoms with Gasteiger partial charge in [-0.05, 0) is 30.7 Å². The Labute approximate surface area is 128 Å². The van der Waals surface area contributed by atoms with Crippen LogP contribution in [-0.4, -0.2) is 22.1 Å². The Bertz CT molecular complexity index is 608. The molecule has 1 heterocycles. The van der Waals surface area contributed by atoms with Gasteiger partial charge in [0.2, 0.25) is 0 Å². The van der Waals surface area contributed by atoms with Gasteiger partial charge >= 0.3 is 5.97 Å². The molecule has 0 aliphatic rings. The van der Waals surface area contributed by atoms with Crippen LogP contribution in [0.1, 0.15) is 29.5 Å². The number of nitrogens with zero attached hydrogens (tertiary/aromatic N) is 2. The summed E-state index contributed by atoms with van der Waals surface area (Å²) >= 11 is 5.93. The summed E-state index contributed by atoms with van der Waals surface area (Å²) in [5.41, 5.74) is 1.45. The lowest BCUT2D eigenvalue weighted by atomic mass is 10.2. The third-order valence-corrected chi connectivity index (χ3v) is 3.39. The molecule has 0 aliphatic heterocycles. The molecule has 21 heavy (non-hydrogen) atoms. The van der Waals surface area contributed by atoms with E-state index in [0.29, 0.717) is 23.9 Å². The van der Waals surface area contributed by atoms with E-state index in [1.165, 1.54) is 0 Å². The van der Waals surface area contributed by atoms with Crippen LogP contribution >= 0.6 is 11.6 Å². The predicted octanol–water partition coefficient (Wildman–Crippen LogP) is 3.25. The number of hydrogen-bond acceptors (Lipinski definition) is 4. The van der Waals surface area contributed by atoms with Gasteiger partial charge in [0.25, 0.3) is 0 Å². The van der Waals surface area contributed by atoms with Crippen molar-refractivity contribution in [3.63, 3.8) is 0 Å². The van der Waals surface area contributed by atoms with Crippen molar-refractivity contribution in [2.45, 2.75) is 19.9 Å². The van der Waals surface area contributed by atoms with Crippen LogP contribution in [0, 0.1) is 0 Å². The van der Waals surface area contributed by atoms with Gasteiger partial charge in [0, 0.05) is 12.7 Å². The SMILES string of the molecule is CCCOC(=O)c1ccc(NCc2ncc(Cl)n2C)cc1. The van der Waals surface area contributed by atoms with Crippen LogP contribution in [-0.2, 0) is 18.3 Å². The number of esters is 1. The first-order valence-corrected chi connectivity index (χ1v) is 7.16. The van der Waals surface area contributed by atoms with Gasteiger partial charge in [-0.3, -0.25) is 0 Å². The Morgan fingerprint density at radius 1 is 1.38 bits per heavy atom. The maximum Gasteiger partial charge on any atom is 0.338 e. The highest BCUT2D eigenvalue weighted by Crippen LogP contribution is 2.14. The van der Waals surface area contributed by atoms with Gasteiger partial charge in [0.1, 0.15) is 11.0 Å². The van der Waals surface area contributed by atoms with E-state index in [0.717, 1.165) is 17.9 Å². The van der Waals surface area contributed by atoms with Gasteiger partial charge < -0.3 is 14.6 Å². The Balaban J connectivity index is 1.93. The van der Waals surface area contributed by atoms with E-state index >= 15 is 0 Å². The molecule has 1 aromatic heterocycles. The average Bonchev–Trinajstić information content (AvgIpc) is 2.83. The van der Waals surface area contributed by atoms with Crippen LogP contribution in [0.3, 0.4) is 0 Å². The molecule has 0 unspecified atom stereocenters. The zero-order valence-corrected chi connectivity index (χ0v) is 12.9. The van der Waals surface area contributed by atoms with E-state index in [1.807, 2.05) is 30.7 Å². The van der Waals surface area contributed by atoms with Crippen molar-refractivity contribution in [2.75, 3.05) is 11.9 Å². The topological polar surface area (TPSA) is 56.1 Å². The molecular weight excluding hydrogens is 290 g/mol. The lowest BCUT2D eigenvalue weighted by molar-refractivity contribution is 0.0505. The number of imidazole rings is 1. The first kappa shape index (κ1) is 15.4. The number of benzene rings is 1. The zero-order valence-electron chi connectivity index (χ0n) is 12.1. The maximum atomic E-state index is 11.7. The first-order valence-electron chi connectivity index (χ1n) is 6.79. The third kappa shape index (κ3) is 3.98. The number of anilines is 1. The molecule has 1 N–H and O–H groups in total. The number of nitrogens with one attached hydrogen (secondary N) is 1. The van der Waals surface area contributed by atoms with E-state index in [-0.39, 0.29) is 5.97 Å². The fraction of sp³-hybridized carbons (Fsp3) is 0.333. The van der Waals surface area contributed by atoms with Crippen LogP contribution in [0.5, 0.6) is 0 Å². The second-order valence-corrected chi connectivity index (χ2v) is 5.01. The average molecular weight is 308 g/mol. The lowest BCUT2D eigenvalue weighted by Gasteiger charge is -2.08. The highest BCUT2D eigenvalue weighted by atomic mass is 35.5. The van der Waals surface area contributed by atoms with E-state index in [4.69, 9.17) is 16.3 Å². The van der Waals surface area contributed by atoms with E-state index in [1.54, 1.807) is 18.3 Å². The normalized spacial score (nSPS) is 10.4. The summed E-state index contributed by atoms with van der Waals surface area (Å²) in [6.07, 6.45) is 2.43. The van der Waals surface area contributed by atoms with Gasteiger partial charge in [0.15, 0.2) is 0 Å². The van der Waals surface area contributed by atoms with Gasteiger partial charge in [0.05, 0.1) is 24.9 Å². The molecule has 0 radical (unpaired) electrons. The largest absolute Gasteiger partial charge is 0.462 e. The third-order valence-electron chi connectivity index (χ3n) is 3.04. The van der Waals surface area contributed by atoms with Crippen LogP contribution in [0.15, 0.2) is 30.5 Å². The van der Waals surface area contributed by atoms with Crippen molar-refractivity contribution in [1.82, 2.24) is 9.55 Å². The van der Waals surface area contributed by atoms with Gasteiger partial charge in [-0.15, -0.1) is 0 Å². The van der Waals surface area contributed by atoms with Crippen LogP contribution in [0.25, 0.3) is 0 Å². The molecule has 0 saturated carbocycles. The minimum absolute atomic E-state index is 0.292. The molecule has 1 aromatic carbocycles. The summed E-state index contributed by atoms with van der Waals surface area (Å²) in [6.45, 7) is 2.96. The highest BCUT2D eigenvalue weighted by Gasteiger charge is 2.07. The predicted molar refractivity (Wildman–Crippen MR) is 82.6 cm³/mol. The molecule has 0 atom stereocenters. The second kappa shape index (κ2) is 7.13. The van der Waals surface area contributed by atoms with Crippen molar-refractivity contribution in [2.24, 2.45) is 7.05 Å². The van der Waals surface area contributed by atoms with Gasteiger partial charge in [-0.1, -0.05) is 18.5 Å². The minimum atomic E-state index is -0.292. The van der Waals surface area contributed by atoms with Crippen molar-refractivity contribution < 1.29 is 9.53 Å². The number of ether oxygens (including phenoxy) is 1. The molecular formula is C15H18ClN3O2. The number of carbonyl (C=O) groups excluding carboxylic acids is 1. The molecule has 0 aliphatic carbocycles. The molecule has 0 fully saturated rings. The summed E-state index contributed by atoms with van der Waals surface area (Å²) in [5.74, 6) is 0.547. The monoisotopic (exact) mass is 307 g/mol. The zero-order chi connectivity index (χ0) is 15.2. The molecule has 2 rings (SSSR count). The second-order valence-electron chi connectivity index (χ2n) is 4.62. The van der Waals surface area contributed by atoms with E-state index in [9.17, 15) is 4.79 Å². The quantitative estimate of drug-likeness (QED) is 0.832. The van der Waals surface area contributed by atoms with Gasteiger partial charge in [-0.2, -0.15) is 0 Å². The molecule has 0 bridgehead atoms. The fourth-order valence-corrected chi connectivity index (χ4v) is 1.92. The summed E-state index contributed by atoms with van der Waals surface area (Å²) in [6, 6.07) is 7.16. The molecule has 0 saturated heterocycles.